The van der Waals surface area contributed by atoms with E-state index >= 15 is 0 Å². The highest BCUT2D eigenvalue weighted by atomic mass is 35.5. The van der Waals surface area contributed by atoms with Crippen LogP contribution in [0.25, 0.3) is 0 Å². The van der Waals surface area contributed by atoms with Crippen molar-refractivity contribution in [3.8, 4) is 11.8 Å². The molecule has 2 aromatic rings. The molecule has 1 unspecified atom stereocenters. The number of hydrogen-bond acceptors (Lipinski definition) is 5. The summed E-state index contributed by atoms with van der Waals surface area (Å²) in [5.41, 5.74) is 1.77. The van der Waals surface area contributed by atoms with Gasteiger partial charge in [-0.25, -0.2) is 4.79 Å². The molecule has 5 rings (SSSR count). The van der Waals surface area contributed by atoms with E-state index in [4.69, 9.17) is 44.5 Å². The smallest absolute Gasteiger partial charge is 0.326 e. The van der Waals surface area contributed by atoms with Crippen LogP contribution in [-0.4, -0.2) is 60.5 Å². The van der Waals surface area contributed by atoms with Crippen LogP contribution in [0.1, 0.15) is 36.1 Å². The summed E-state index contributed by atoms with van der Waals surface area (Å²) in [6, 6.07) is 12.1. The van der Waals surface area contributed by atoms with E-state index < -0.39 is 0 Å². The molecule has 1 saturated heterocycles. The van der Waals surface area contributed by atoms with Gasteiger partial charge in [0.15, 0.2) is 0 Å². The van der Waals surface area contributed by atoms with Crippen LogP contribution in [0, 0.1) is 17.2 Å². The average Bonchev–Trinajstić information content (AvgIpc) is 3.34. The predicted octanol–water partition coefficient (Wildman–Crippen LogP) is 6.16. The van der Waals surface area contributed by atoms with Crippen molar-refractivity contribution in [3.05, 3.63) is 86.4 Å². The normalized spacial score (nSPS) is 22.8. The Hall–Kier alpha value is -3.02. The molecule has 0 bridgehead atoms. The Labute approximate surface area is 243 Å². The lowest BCUT2D eigenvalue weighted by atomic mass is 9.85. The van der Waals surface area contributed by atoms with Crippen molar-refractivity contribution >= 4 is 46.7 Å². The Morgan fingerprint density at radius 2 is 1.92 bits per heavy atom. The number of urea groups is 1. The van der Waals surface area contributed by atoms with E-state index in [-0.39, 0.29) is 34.6 Å². The largest absolute Gasteiger partial charge is 0.493 e. The zero-order chi connectivity index (χ0) is 27.5. The molecule has 0 radical (unpaired) electrons. The van der Waals surface area contributed by atoms with Crippen molar-refractivity contribution in [1.29, 1.82) is 5.26 Å². The van der Waals surface area contributed by atoms with Crippen molar-refractivity contribution in [2.75, 3.05) is 32.8 Å². The number of aliphatic imine (C=N–C) groups is 1. The Bertz CT molecular complexity index is 1380. The second-order valence-electron chi connectivity index (χ2n) is 9.55. The molecule has 7 nitrogen and oxygen atoms in total. The lowest BCUT2D eigenvalue weighted by Gasteiger charge is -2.38. The number of rotatable bonds is 5. The number of nitrogens with zero attached hydrogens (tertiary/aromatic N) is 4. The van der Waals surface area contributed by atoms with E-state index in [2.05, 4.69) is 17.5 Å². The summed E-state index contributed by atoms with van der Waals surface area (Å²) in [5, 5.41) is 14.7. The average molecular weight is 585 g/mol. The van der Waals surface area contributed by atoms with E-state index in [1.807, 2.05) is 48.2 Å². The minimum Gasteiger partial charge on any atom is -0.493 e. The van der Waals surface area contributed by atoms with Gasteiger partial charge in [-0.15, -0.1) is 0 Å². The predicted molar refractivity (Wildman–Crippen MR) is 155 cm³/mol. The molecule has 3 atom stereocenters. The summed E-state index contributed by atoms with van der Waals surface area (Å²) in [5.74, 6) is 0.865. The number of ether oxygens (including phenoxy) is 1. The third-order valence-corrected chi connectivity index (χ3v) is 8.02. The molecule has 39 heavy (non-hydrogen) atoms. The Morgan fingerprint density at radius 1 is 1.18 bits per heavy atom. The molecular formula is C29H28Cl3N5O2. The number of allylic oxidation sites excluding steroid dienone is 3. The molecule has 0 aromatic heterocycles. The van der Waals surface area contributed by atoms with Crippen LogP contribution in [-0.2, 0) is 0 Å². The molecule has 2 aromatic carbocycles. The number of piperazine rings is 1. The number of amidine groups is 1. The Balaban J connectivity index is 1.70. The van der Waals surface area contributed by atoms with Gasteiger partial charge in [0.2, 0.25) is 0 Å². The number of halogens is 3. The molecule has 0 saturated carbocycles. The molecule has 1 fully saturated rings. The first-order valence-electron chi connectivity index (χ1n) is 12.9. The number of carbonyl (C=O) groups is 1. The third-order valence-electron chi connectivity index (χ3n) is 7.17. The lowest BCUT2D eigenvalue weighted by Crippen LogP contribution is -2.56. The molecular weight excluding hydrogens is 557 g/mol. The molecule has 1 aliphatic carbocycles. The minimum atomic E-state index is -0.389. The fourth-order valence-electron chi connectivity index (χ4n) is 5.29. The second kappa shape index (κ2) is 12.0. The van der Waals surface area contributed by atoms with Gasteiger partial charge in [0.1, 0.15) is 17.7 Å². The summed E-state index contributed by atoms with van der Waals surface area (Å²) >= 11 is 18.9. The van der Waals surface area contributed by atoms with Crippen LogP contribution in [0.2, 0.25) is 10.0 Å². The number of benzene rings is 2. The quantitative estimate of drug-likeness (QED) is 0.456. The van der Waals surface area contributed by atoms with Crippen molar-refractivity contribution in [2.45, 2.75) is 25.4 Å². The first-order valence-corrected chi connectivity index (χ1v) is 14.1. The first-order chi connectivity index (χ1) is 18.9. The summed E-state index contributed by atoms with van der Waals surface area (Å²) < 4.78 is 5.96. The number of hydrogen-bond donors (Lipinski definition) is 1. The van der Waals surface area contributed by atoms with Crippen LogP contribution in [0.5, 0.6) is 5.75 Å². The van der Waals surface area contributed by atoms with E-state index in [9.17, 15) is 10.1 Å². The van der Waals surface area contributed by atoms with E-state index in [0.717, 1.165) is 5.56 Å². The van der Waals surface area contributed by atoms with E-state index in [1.165, 1.54) is 0 Å². The minimum absolute atomic E-state index is 0.0559. The fraction of sp³-hybridized carbons (Fsp3) is 0.345. The van der Waals surface area contributed by atoms with E-state index in [0.29, 0.717) is 66.4 Å². The van der Waals surface area contributed by atoms with Crippen LogP contribution in [0.15, 0.2) is 64.7 Å². The van der Waals surface area contributed by atoms with Crippen molar-refractivity contribution in [3.63, 3.8) is 0 Å². The summed E-state index contributed by atoms with van der Waals surface area (Å²) in [4.78, 5) is 23.2. The number of amides is 2. The molecule has 2 amide bonds. The summed E-state index contributed by atoms with van der Waals surface area (Å²) in [6.45, 7) is 4.84. The molecule has 10 heteroatoms. The van der Waals surface area contributed by atoms with Gasteiger partial charge in [-0.1, -0.05) is 59.1 Å². The zero-order valence-electron chi connectivity index (χ0n) is 21.4. The maximum absolute atomic E-state index is 14.3. The van der Waals surface area contributed by atoms with Crippen LogP contribution in [0.3, 0.4) is 0 Å². The summed E-state index contributed by atoms with van der Waals surface area (Å²) in [7, 11) is 0. The van der Waals surface area contributed by atoms with Gasteiger partial charge in [-0.2, -0.15) is 5.26 Å². The van der Waals surface area contributed by atoms with Gasteiger partial charge in [-0.05, 0) is 43.2 Å². The van der Waals surface area contributed by atoms with Crippen molar-refractivity contribution in [1.82, 2.24) is 15.1 Å². The van der Waals surface area contributed by atoms with Gasteiger partial charge < -0.3 is 15.0 Å². The maximum Gasteiger partial charge on any atom is 0.326 e. The third kappa shape index (κ3) is 5.66. The SMILES string of the molecule is CCOc1cc(Cl)c(C#N)cc1C1=N[C@@H](c2ccc(Cl)cc2)C([C@@H]2C=CC(Cl)=CC2)N1C(=O)N1CCNCC1. The monoisotopic (exact) mass is 583 g/mol. The van der Waals surface area contributed by atoms with Crippen molar-refractivity contribution in [2.24, 2.45) is 10.9 Å². The molecule has 2 aliphatic heterocycles. The van der Waals surface area contributed by atoms with Gasteiger partial charge >= 0.3 is 6.03 Å². The number of nitriles is 1. The van der Waals surface area contributed by atoms with Crippen LogP contribution in [0.4, 0.5) is 4.79 Å². The Kier molecular flexibility index (Phi) is 8.49. The second-order valence-corrected chi connectivity index (χ2v) is 10.8. The molecule has 0 spiro atoms. The lowest BCUT2D eigenvalue weighted by molar-refractivity contribution is 0.148. The van der Waals surface area contributed by atoms with Crippen molar-refractivity contribution < 1.29 is 9.53 Å². The Morgan fingerprint density at radius 3 is 2.56 bits per heavy atom. The fourth-order valence-corrected chi connectivity index (χ4v) is 5.77. The van der Waals surface area contributed by atoms with Gasteiger partial charge in [0.05, 0.1) is 34.8 Å². The molecule has 2 heterocycles. The standard InChI is InChI=1S/C29H28Cl3N5O2/c1-2-39-25-16-24(32)20(17-33)15-23(25)28-35-26(18-3-7-21(30)8-4-18)27(19-5-9-22(31)10-6-19)37(28)29(38)36-13-11-34-12-14-36/h3-5,7-10,15-16,19,26-27,34H,2,6,11-14H2,1H3/t19-,26+,27?/m1/s1. The van der Waals surface area contributed by atoms with Crippen LogP contribution < -0.4 is 10.1 Å². The van der Waals surface area contributed by atoms with Gasteiger partial charge in [0.25, 0.3) is 0 Å². The number of nitrogens with one attached hydrogen (secondary N) is 1. The van der Waals surface area contributed by atoms with Gasteiger partial charge in [0, 0.05) is 48.2 Å². The van der Waals surface area contributed by atoms with Crippen LogP contribution >= 0.6 is 34.8 Å². The molecule has 202 valence electrons. The highest BCUT2D eigenvalue weighted by molar-refractivity contribution is 6.32. The molecule has 1 N–H and O–H groups in total. The highest BCUT2D eigenvalue weighted by Gasteiger charge is 2.47. The first kappa shape index (κ1) is 27.5. The highest BCUT2D eigenvalue weighted by Crippen LogP contribution is 2.43. The van der Waals surface area contributed by atoms with Gasteiger partial charge in [-0.3, -0.25) is 9.89 Å². The zero-order valence-corrected chi connectivity index (χ0v) is 23.7. The number of carbonyl (C=O) groups excluding carboxylic acids is 1. The maximum atomic E-state index is 14.3. The summed E-state index contributed by atoms with van der Waals surface area (Å²) in [6.07, 6.45) is 6.55. The van der Waals surface area contributed by atoms with E-state index in [1.54, 1.807) is 17.0 Å². The topological polar surface area (TPSA) is 81.0 Å². The molecule has 3 aliphatic rings.